The Labute approximate surface area is 97.8 Å². The van der Waals surface area contributed by atoms with Crippen LogP contribution in [0.15, 0.2) is 18.2 Å². The smallest absolute Gasteiger partial charge is 0.231 e. The van der Waals surface area contributed by atoms with Gasteiger partial charge in [-0.1, -0.05) is 20.4 Å². The van der Waals surface area contributed by atoms with Crippen molar-refractivity contribution in [2.75, 3.05) is 13.8 Å². The number of nitrogens with one attached hydrogen (secondary N) is 1. The van der Waals surface area contributed by atoms with Gasteiger partial charge in [0.15, 0.2) is 11.5 Å². The summed E-state index contributed by atoms with van der Waals surface area (Å²) in [7, 11) is 2.00. The molecule has 90 valence electrons. The maximum Gasteiger partial charge on any atom is 0.231 e. The van der Waals surface area contributed by atoms with Crippen LogP contribution in [0.1, 0.15) is 26.3 Å². The Bertz CT molecular complexity index is 335. The molecule has 0 saturated heterocycles. The third-order valence-corrected chi connectivity index (χ3v) is 2.82. The molecule has 3 nitrogen and oxygen atoms in total. The number of benzene rings is 1. The Kier molecular flexibility index (Phi) is 4.62. The van der Waals surface area contributed by atoms with Crippen LogP contribution in [-0.4, -0.2) is 19.9 Å². The first-order valence-corrected chi connectivity index (χ1v) is 5.39. The van der Waals surface area contributed by atoms with Gasteiger partial charge in [0.2, 0.25) is 6.79 Å². The molecule has 0 amide bonds. The second kappa shape index (κ2) is 5.75. The van der Waals surface area contributed by atoms with Crippen LogP contribution in [0, 0.1) is 0 Å². The maximum absolute atomic E-state index is 5.35. The molecule has 1 aromatic carbocycles. The molecule has 1 atom stereocenters. The number of ether oxygens (including phenoxy) is 2. The predicted octanol–water partition coefficient (Wildman–Crippen LogP) is 2.59. The van der Waals surface area contributed by atoms with Crippen molar-refractivity contribution in [1.82, 2.24) is 5.32 Å². The van der Waals surface area contributed by atoms with Crippen LogP contribution in [0.5, 0.6) is 11.5 Å². The Morgan fingerprint density at radius 1 is 1.31 bits per heavy atom. The number of hydrogen-bond acceptors (Lipinski definition) is 3. The van der Waals surface area contributed by atoms with Crippen molar-refractivity contribution in [3.8, 4) is 11.5 Å². The molecular weight excluding hydrogens is 202 g/mol. The van der Waals surface area contributed by atoms with E-state index >= 15 is 0 Å². The number of fused-ring (bicyclic) bond motifs is 1. The molecule has 1 aliphatic heterocycles. The lowest BCUT2D eigenvalue weighted by Crippen LogP contribution is -2.26. The minimum absolute atomic E-state index is 0. The molecule has 1 unspecified atom stereocenters. The van der Waals surface area contributed by atoms with E-state index in [9.17, 15) is 0 Å². The fourth-order valence-electron chi connectivity index (χ4n) is 1.80. The van der Waals surface area contributed by atoms with Gasteiger partial charge in [-0.2, -0.15) is 0 Å². The Balaban J connectivity index is 0.00000128. The van der Waals surface area contributed by atoms with Crippen LogP contribution in [0.2, 0.25) is 0 Å². The molecule has 0 saturated carbocycles. The summed E-state index contributed by atoms with van der Waals surface area (Å²) in [4.78, 5) is 0. The fourth-order valence-corrected chi connectivity index (χ4v) is 1.80. The molecule has 1 N–H and O–H groups in total. The van der Waals surface area contributed by atoms with E-state index in [1.54, 1.807) is 0 Å². The molecule has 1 heterocycles. The highest BCUT2D eigenvalue weighted by Crippen LogP contribution is 2.32. The van der Waals surface area contributed by atoms with Gasteiger partial charge in [-0.05, 0) is 37.6 Å². The topological polar surface area (TPSA) is 30.5 Å². The maximum atomic E-state index is 5.35. The van der Waals surface area contributed by atoms with E-state index in [0.717, 1.165) is 24.3 Å². The second-order valence-corrected chi connectivity index (χ2v) is 3.79. The minimum atomic E-state index is 0. The van der Waals surface area contributed by atoms with E-state index in [1.807, 2.05) is 13.1 Å². The van der Waals surface area contributed by atoms with Gasteiger partial charge in [0.1, 0.15) is 0 Å². The van der Waals surface area contributed by atoms with E-state index in [-0.39, 0.29) is 7.43 Å². The fraction of sp³-hybridized carbons (Fsp3) is 0.538. The minimum Gasteiger partial charge on any atom is -0.454 e. The molecule has 0 bridgehead atoms. The molecule has 0 radical (unpaired) electrons. The van der Waals surface area contributed by atoms with Gasteiger partial charge in [-0.25, -0.2) is 0 Å². The summed E-state index contributed by atoms with van der Waals surface area (Å²) >= 11 is 0. The van der Waals surface area contributed by atoms with Gasteiger partial charge in [-0.15, -0.1) is 0 Å². The van der Waals surface area contributed by atoms with E-state index in [0.29, 0.717) is 12.8 Å². The molecule has 0 aromatic heterocycles. The summed E-state index contributed by atoms with van der Waals surface area (Å²) in [6, 6.07) is 6.70. The standard InChI is InChI=1S/C12H17NO2.CH4/c1-3-10(13-2)6-9-4-5-11-12(7-9)15-8-14-11;/h4-5,7,10,13H,3,6,8H2,1-2H3;1H4. The summed E-state index contributed by atoms with van der Waals surface area (Å²) < 4.78 is 10.6. The highest BCUT2D eigenvalue weighted by atomic mass is 16.7. The molecule has 16 heavy (non-hydrogen) atoms. The SMILES string of the molecule is C.CCC(Cc1ccc2c(c1)OCO2)NC. The third kappa shape index (κ3) is 2.67. The second-order valence-electron chi connectivity index (χ2n) is 3.79. The zero-order valence-electron chi connectivity index (χ0n) is 9.25. The van der Waals surface area contributed by atoms with Crippen molar-refractivity contribution in [2.24, 2.45) is 0 Å². The number of rotatable bonds is 4. The van der Waals surface area contributed by atoms with Gasteiger partial charge < -0.3 is 14.8 Å². The van der Waals surface area contributed by atoms with Gasteiger partial charge in [-0.3, -0.25) is 0 Å². The van der Waals surface area contributed by atoms with Gasteiger partial charge in [0, 0.05) is 6.04 Å². The highest BCUT2D eigenvalue weighted by Gasteiger charge is 2.14. The van der Waals surface area contributed by atoms with Crippen molar-refractivity contribution in [3.63, 3.8) is 0 Å². The molecule has 0 aliphatic carbocycles. The predicted molar refractivity (Wildman–Crippen MR) is 66.1 cm³/mol. The van der Waals surface area contributed by atoms with Crippen LogP contribution in [0.3, 0.4) is 0 Å². The summed E-state index contributed by atoms with van der Waals surface area (Å²) in [5.74, 6) is 1.73. The lowest BCUT2D eigenvalue weighted by Gasteiger charge is -2.13. The van der Waals surface area contributed by atoms with Gasteiger partial charge >= 0.3 is 0 Å². The van der Waals surface area contributed by atoms with Crippen molar-refractivity contribution in [1.29, 1.82) is 0 Å². The van der Waals surface area contributed by atoms with Gasteiger partial charge in [0.25, 0.3) is 0 Å². The molecule has 1 aliphatic rings. The first kappa shape index (κ1) is 12.8. The average Bonchev–Trinajstić information content (AvgIpc) is 2.73. The molecular formula is C13H21NO2. The van der Waals surface area contributed by atoms with Crippen molar-refractivity contribution < 1.29 is 9.47 Å². The van der Waals surface area contributed by atoms with E-state index < -0.39 is 0 Å². The lowest BCUT2D eigenvalue weighted by atomic mass is 10.0. The molecule has 0 fully saturated rings. The monoisotopic (exact) mass is 223 g/mol. The largest absolute Gasteiger partial charge is 0.454 e. The molecule has 0 spiro atoms. The molecule has 3 heteroatoms. The molecule has 1 aromatic rings. The Morgan fingerprint density at radius 2 is 2.06 bits per heavy atom. The number of likely N-dealkylation sites (N-methyl/N-ethyl adjacent to an activating group) is 1. The van der Waals surface area contributed by atoms with E-state index in [2.05, 4.69) is 24.4 Å². The number of hydrogen-bond donors (Lipinski definition) is 1. The van der Waals surface area contributed by atoms with E-state index in [4.69, 9.17) is 9.47 Å². The quantitative estimate of drug-likeness (QED) is 0.851. The highest BCUT2D eigenvalue weighted by molar-refractivity contribution is 5.44. The van der Waals surface area contributed by atoms with Gasteiger partial charge in [0.05, 0.1) is 0 Å². The first-order chi connectivity index (χ1) is 7.33. The Hall–Kier alpha value is -1.22. The van der Waals surface area contributed by atoms with Crippen LogP contribution in [0.4, 0.5) is 0 Å². The Morgan fingerprint density at radius 3 is 2.75 bits per heavy atom. The zero-order valence-corrected chi connectivity index (χ0v) is 9.25. The van der Waals surface area contributed by atoms with Crippen molar-refractivity contribution in [3.05, 3.63) is 23.8 Å². The zero-order chi connectivity index (χ0) is 10.7. The summed E-state index contributed by atoms with van der Waals surface area (Å²) in [6.07, 6.45) is 2.16. The third-order valence-electron chi connectivity index (χ3n) is 2.82. The van der Waals surface area contributed by atoms with Crippen LogP contribution in [0.25, 0.3) is 0 Å². The summed E-state index contributed by atoms with van der Waals surface area (Å²) in [5, 5.41) is 3.30. The summed E-state index contributed by atoms with van der Waals surface area (Å²) in [5.41, 5.74) is 1.29. The van der Waals surface area contributed by atoms with Crippen LogP contribution < -0.4 is 14.8 Å². The van der Waals surface area contributed by atoms with Crippen molar-refractivity contribution in [2.45, 2.75) is 33.2 Å². The summed E-state index contributed by atoms with van der Waals surface area (Å²) in [6.45, 7) is 2.54. The first-order valence-electron chi connectivity index (χ1n) is 5.39. The van der Waals surface area contributed by atoms with E-state index in [1.165, 1.54) is 5.56 Å². The van der Waals surface area contributed by atoms with Crippen LogP contribution >= 0.6 is 0 Å². The lowest BCUT2D eigenvalue weighted by molar-refractivity contribution is 0.174. The molecule has 2 rings (SSSR count). The average molecular weight is 223 g/mol. The van der Waals surface area contributed by atoms with Crippen molar-refractivity contribution >= 4 is 0 Å². The normalized spacial score (nSPS) is 14.4. The van der Waals surface area contributed by atoms with Crippen LogP contribution in [-0.2, 0) is 6.42 Å².